The zero-order valence-electron chi connectivity index (χ0n) is 27.3. The van der Waals surface area contributed by atoms with Crippen LogP contribution in [0.5, 0.6) is 11.5 Å². The molecule has 0 spiro atoms. The molecule has 0 fully saturated rings. The van der Waals surface area contributed by atoms with E-state index in [-0.39, 0.29) is 12.5 Å². The minimum atomic E-state index is -0.935. The second kappa shape index (κ2) is 16.3. The summed E-state index contributed by atoms with van der Waals surface area (Å²) in [4.78, 5) is 27.5. The molecule has 244 valence electrons. The molecule has 5 aromatic carbocycles. The Morgan fingerprint density at radius 2 is 1.21 bits per heavy atom. The number of carbonyl (C=O) groups excluding carboxylic acids is 1. The van der Waals surface area contributed by atoms with Gasteiger partial charge in [-0.3, -0.25) is 14.9 Å². The normalized spacial score (nSPS) is 11.4. The van der Waals surface area contributed by atoms with Gasteiger partial charge in [-0.05, 0) is 46.4 Å². The Morgan fingerprint density at radius 1 is 0.708 bits per heavy atom. The van der Waals surface area contributed by atoms with E-state index < -0.39 is 12.0 Å². The van der Waals surface area contributed by atoms with Crippen LogP contribution in [-0.4, -0.2) is 28.9 Å². The molecule has 1 atom stereocenters. The van der Waals surface area contributed by atoms with Crippen molar-refractivity contribution in [2.45, 2.75) is 39.3 Å². The Bertz CT molecular complexity index is 1820. The molecule has 48 heavy (non-hydrogen) atoms. The van der Waals surface area contributed by atoms with Gasteiger partial charge in [0.2, 0.25) is 0 Å². The SMILES string of the molecule is C=C(C)c1cc(C(=O)N(C)Cc2ccc(CN[C@H](C(=O)O)c3ccccc3)cc2)c(OCc2ccccc2)cc1OCc1ccccc1. The van der Waals surface area contributed by atoms with Gasteiger partial charge in [0.15, 0.2) is 0 Å². The molecule has 0 heterocycles. The summed E-state index contributed by atoms with van der Waals surface area (Å²) in [5, 5.41) is 12.8. The third-order valence-corrected chi connectivity index (χ3v) is 7.93. The van der Waals surface area contributed by atoms with E-state index >= 15 is 0 Å². The van der Waals surface area contributed by atoms with E-state index in [1.807, 2.05) is 116 Å². The number of allylic oxidation sites excluding steroid dienone is 1. The number of carboxylic acids is 1. The largest absolute Gasteiger partial charge is 0.488 e. The van der Waals surface area contributed by atoms with Gasteiger partial charge in [0.1, 0.15) is 30.8 Å². The lowest BCUT2D eigenvalue weighted by atomic mass is 10.0. The summed E-state index contributed by atoms with van der Waals surface area (Å²) in [5.41, 5.74) is 6.49. The molecule has 1 amide bonds. The van der Waals surface area contributed by atoms with Crippen molar-refractivity contribution in [3.8, 4) is 11.5 Å². The molecule has 2 N–H and O–H groups in total. The molecule has 5 aromatic rings. The van der Waals surface area contributed by atoms with Crippen molar-refractivity contribution >= 4 is 17.4 Å². The highest BCUT2D eigenvalue weighted by Crippen LogP contribution is 2.35. The number of nitrogens with one attached hydrogen (secondary N) is 1. The summed E-state index contributed by atoms with van der Waals surface area (Å²) in [7, 11) is 1.76. The van der Waals surface area contributed by atoms with E-state index in [2.05, 4.69) is 11.9 Å². The molecular weight excluding hydrogens is 600 g/mol. The van der Waals surface area contributed by atoms with Crippen LogP contribution in [0.25, 0.3) is 5.57 Å². The number of carboxylic acid groups (broad SMARTS) is 1. The van der Waals surface area contributed by atoms with Crippen LogP contribution in [0.15, 0.2) is 134 Å². The summed E-state index contributed by atoms with van der Waals surface area (Å²) < 4.78 is 12.5. The molecule has 0 aliphatic carbocycles. The minimum absolute atomic E-state index is 0.201. The van der Waals surface area contributed by atoms with Crippen LogP contribution in [0, 0.1) is 0 Å². The maximum Gasteiger partial charge on any atom is 0.325 e. The van der Waals surface area contributed by atoms with Crippen LogP contribution in [-0.2, 0) is 31.1 Å². The average molecular weight is 641 g/mol. The highest BCUT2D eigenvalue weighted by atomic mass is 16.5. The first kappa shape index (κ1) is 33.7. The fraction of sp³-hybridized carbons (Fsp3) is 0.171. The summed E-state index contributed by atoms with van der Waals surface area (Å²) in [6.45, 7) is 7.44. The maximum absolute atomic E-state index is 14.0. The zero-order chi connectivity index (χ0) is 33.9. The smallest absolute Gasteiger partial charge is 0.325 e. The predicted molar refractivity (Wildman–Crippen MR) is 189 cm³/mol. The first-order valence-electron chi connectivity index (χ1n) is 15.8. The number of ether oxygens (including phenoxy) is 2. The van der Waals surface area contributed by atoms with Gasteiger partial charge in [-0.15, -0.1) is 0 Å². The van der Waals surface area contributed by atoms with Crippen LogP contribution >= 0.6 is 0 Å². The Morgan fingerprint density at radius 3 is 1.73 bits per heavy atom. The quantitative estimate of drug-likeness (QED) is 0.120. The number of rotatable bonds is 15. The number of carbonyl (C=O) groups is 2. The highest BCUT2D eigenvalue weighted by molar-refractivity contribution is 5.98. The average Bonchev–Trinajstić information content (AvgIpc) is 3.11. The molecule has 0 unspecified atom stereocenters. The molecule has 7 heteroatoms. The van der Waals surface area contributed by atoms with Gasteiger partial charge in [0.05, 0.1) is 5.56 Å². The summed E-state index contributed by atoms with van der Waals surface area (Å²) in [6.07, 6.45) is 0. The lowest BCUT2D eigenvalue weighted by molar-refractivity contribution is -0.139. The highest BCUT2D eigenvalue weighted by Gasteiger charge is 2.22. The van der Waals surface area contributed by atoms with Gasteiger partial charge >= 0.3 is 5.97 Å². The Balaban J connectivity index is 1.32. The number of amides is 1. The molecule has 0 aliphatic rings. The van der Waals surface area contributed by atoms with Crippen molar-refractivity contribution in [1.29, 1.82) is 0 Å². The molecule has 0 aliphatic heterocycles. The van der Waals surface area contributed by atoms with E-state index in [0.29, 0.717) is 42.3 Å². The number of benzene rings is 5. The van der Waals surface area contributed by atoms with Crippen LogP contribution in [0.3, 0.4) is 0 Å². The number of aliphatic carboxylic acids is 1. The van der Waals surface area contributed by atoms with Gasteiger partial charge in [-0.1, -0.05) is 122 Å². The first-order chi connectivity index (χ1) is 23.3. The molecule has 0 bridgehead atoms. The van der Waals surface area contributed by atoms with Gasteiger partial charge in [-0.25, -0.2) is 0 Å². The van der Waals surface area contributed by atoms with Crippen molar-refractivity contribution < 1.29 is 24.2 Å². The third-order valence-electron chi connectivity index (χ3n) is 7.93. The minimum Gasteiger partial charge on any atom is -0.488 e. The second-order valence-corrected chi connectivity index (χ2v) is 11.7. The number of nitrogens with zero attached hydrogens (tertiary/aromatic N) is 1. The van der Waals surface area contributed by atoms with E-state index in [1.54, 1.807) is 30.1 Å². The monoisotopic (exact) mass is 640 g/mol. The van der Waals surface area contributed by atoms with E-state index in [0.717, 1.165) is 33.4 Å². The predicted octanol–water partition coefficient (Wildman–Crippen LogP) is 8.07. The molecule has 0 saturated heterocycles. The van der Waals surface area contributed by atoms with Crippen molar-refractivity contribution in [2.24, 2.45) is 0 Å². The van der Waals surface area contributed by atoms with Gasteiger partial charge in [0, 0.05) is 31.8 Å². The lowest BCUT2D eigenvalue weighted by Crippen LogP contribution is -2.28. The van der Waals surface area contributed by atoms with Crippen molar-refractivity contribution in [1.82, 2.24) is 10.2 Å². The lowest BCUT2D eigenvalue weighted by Gasteiger charge is -2.22. The van der Waals surface area contributed by atoms with E-state index in [9.17, 15) is 14.7 Å². The molecule has 0 radical (unpaired) electrons. The standard InChI is InChI=1S/C41H40N2O5/c1-29(2)35-23-36(38(48-28-33-15-9-5-10-16-33)24-37(35)47-27-32-13-7-4-8-14-32)40(44)43(3)26-31-21-19-30(20-22-31)25-42-39(41(45)46)34-17-11-6-12-18-34/h4-24,39,42H,1,25-28H2,2-3H3,(H,45,46)/t39-/m0/s1. The zero-order valence-corrected chi connectivity index (χ0v) is 27.3. The molecular formula is C41H40N2O5. The Labute approximate surface area is 282 Å². The van der Waals surface area contributed by atoms with Crippen LogP contribution in [0.1, 0.15) is 56.7 Å². The van der Waals surface area contributed by atoms with E-state index in [4.69, 9.17) is 9.47 Å². The Hall–Kier alpha value is -5.66. The van der Waals surface area contributed by atoms with Crippen LogP contribution in [0.2, 0.25) is 0 Å². The van der Waals surface area contributed by atoms with Crippen LogP contribution in [0.4, 0.5) is 0 Å². The Kier molecular flexibility index (Phi) is 11.4. The summed E-state index contributed by atoms with van der Waals surface area (Å²) in [6, 6.07) is 39.4. The van der Waals surface area contributed by atoms with Gasteiger partial charge in [-0.2, -0.15) is 0 Å². The molecule has 5 rings (SSSR count). The molecule has 0 saturated carbocycles. The van der Waals surface area contributed by atoms with Crippen molar-refractivity contribution in [3.63, 3.8) is 0 Å². The first-order valence-corrected chi connectivity index (χ1v) is 15.8. The summed E-state index contributed by atoms with van der Waals surface area (Å²) >= 11 is 0. The van der Waals surface area contributed by atoms with Gasteiger partial charge in [0.25, 0.3) is 5.91 Å². The molecule has 0 aromatic heterocycles. The third kappa shape index (κ3) is 8.99. The fourth-order valence-electron chi connectivity index (χ4n) is 5.30. The van der Waals surface area contributed by atoms with Crippen molar-refractivity contribution in [3.05, 3.63) is 173 Å². The topological polar surface area (TPSA) is 88.1 Å². The summed E-state index contributed by atoms with van der Waals surface area (Å²) in [5.74, 6) is -0.115. The number of hydrogen-bond acceptors (Lipinski definition) is 5. The maximum atomic E-state index is 14.0. The van der Waals surface area contributed by atoms with Crippen molar-refractivity contribution in [2.75, 3.05) is 7.05 Å². The van der Waals surface area contributed by atoms with E-state index in [1.165, 1.54) is 0 Å². The van der Waals surface area contributed by atoms with Gasteiger partial charge < -0.3 is 19.5 Å². The molecule has 7 nitrogen and oxygen atoms in total. The van der Waals surface area contributed by atoms with Crippen LogP contribution < -0.4 is 14.8 Å². The second-order valence-electron chi connectivity index (χ2n) is 11.7. The fourth-order valence-corrected chi connectivity index (χ4v) is 5.30. The number of hydrogen-bond donors (Lipinski definition) is 2.